The molecular weight excluding hydrogens is 214 g/mol. The molecule has 0 aromatic heterocycles. The maximum Gasteiger partial charge on any atom is 0.522 e. The van der Waals surface area contributed by atoms with E-state index in [1.807, 2.05) is 0 Å². The van der Waals surface area contributed by atoms with Gasteiger partial charge in [-0.1, -0.05) is 0 Å². The highest BCUT2D eigenvalue weighted by molar-refractivity contribution is 4.88. The van der Waals surface area contributed by atoms with Crippen molar-refractivity contribution >= 4 is 0 Å². The molecule has 14 heavy (non-hydrogen) atoms. The molecule has 1 aliphatic rings. The van der Waals surface area contributed by atoms with Gasteiger partial charge in [0, 0.05) is 12.8 Å². The van der Waals surface area contributed by atoms with Crippen LogP contribution < -0.4 is 0 Å². The number of rotatable bonds is 1. The fourth-order valence-corrected chi connectivity index (χ4v) is 1.38. The molecule has 1 fully saturated rings. The zero-order chi connectivity index (χ0) is 10.9. The molecule has 2 unspecified atom stereocenters. The molecule has 0 N–H and O–H groups in total. The highest BCUT2D eigenvalue weighted by Gasteiger charge is 2.46. The second kappa shape index (κ2) is 3.96. The normalized spacial score (nSPS) is 39.9. The van der Waals surface area contributed by atoms with Crippen LogP contribution in [-0.2, 0) is 4.74 Å². The van der Waals surface area contributed by atoms with Gasteiger partial charge in [-0.05, 0) is 0 Å². The first-order valence-corrected chi connectivity index (χ1v) is 3.96. The Morgan fingerprint density at radius 2 is 1.36 bits per heavy atom. The largest absolute Gasteiger partial charge is 0.522 e. The summed E-state index contributed by atoms with van der Waals surface area (Å²) in [4.78, 5) is 0. The molecule has 1 nitrogen and oxygen atoms in total. The Hall–Kier alpha value is -0.460. The van der Waals surface area contributed by atoms with Crippen LogP contribution in [0.25, 0.3) is 0 Å². The maximum absolute atomic E-state index is 12.8. The van der Waals surface area contributed by atoms with Crippen LogP contribution in [0.5, 0.6) is 0 Å². The molecule has 0 amide bonds. The molecular formula is C7H8F6O. The molecule has 0 aromatic rings. The van der Waals surface area contributed by atoms with Crippen molar-refractivity contribution in [3.8, 4) is 0 Å². The lowest BCUT2D eigenvalue weighted by atomic mass is 9.92. The summed E-state index contributed by atoms with van der Waals surface area (Å²) in [5.74, 6) is 0. The standard InChI is InChI=1S/C7H8F6O/c8-3-1-4(9)6(5(10)2-3)14-7(11,12)13/h3-6H,1-2H2. The molecule has 0 heterocycles. The summed E-state index contributed by atoms with van der Waals surface area (Å²) in [6.07, 6.45) is -15.1. The predicted molar refractivity (Wildman–Crippen MR) is 34.9 cm³/mol. The molecule has 7 heteroatoms. The molecule has 0 saturated heterocycles. The first-order valence-electron chi connectivity index (χ1n) is 3.96. The van der Waals surface area contributed by atoms with Crippen molar-refractivity contribution in [3.05, 3.63) is 0 Å². The van der Waals surface area contributed by atoms with Gasteiger partial charge in [0.2, 0.25) is 0 Å². The van der Waals surface area contributed by atoms with Gasteiger partial charge in [0.1, 0.15) is 24.6 Å². The number of alkyl halides is 6. The van der Waals surface area contributed by atoms with Crippen LogP contribution in [0.2, 0.25) is 0 Å². The van der Waals surface area contributed by atoms with Crippen molar-refractivity contribution < 1.29 is 31.1 Å². The van der Waals surface area contributed by atoms with Gasteiger partial charge in [-0.15, -0.1) is 13.2 Å². The maximum atomic E-state index is 12.8. The van der Waals surface area contributed by atoms with E-state index in [1.54, 1.807) is 0 Å². The molecule has 0 radical (unpaired) electrons. The second-order valence-corrected chi connectivity index (χ2v) is 3.13. The van der Waals surface area contributed by atoms with Crippen molar-refractivity contribution in [2.24, 2.45) is 0 Å². The van der Waals surface area contributed by atoms with Gasteiger partial charge in [-0.25, -0.2) is 13.2 Å². The second-order valence-electron chi connectivity index (χ2n) is 3.13. The zero-order valence-corrected chi connectivity index (χ0v) is 6.90. The SMILES string of the molecule is FC1CC(F)C(OC(F)(F)F)C(F)C1. The van der Waals surface area contributed by atoms with Crippen molar-refractivity contribution in [1.82, 2.24) is 0 Å². The van der Waals surface area contributed by atoms with E-state index in [-0.39, 0.29) is 0 Å². The highest BCUT2D eigenvalue weighted by Crippen LogP contribution is 2.32. The molecule has 1 rings (SSSR count). The Kier molecular flexibility index (Phi) is 3.28. The molecule has 0 aromatic carbocycles. The van der Waals surface area contributed by atoms with Gasteiger partial charge < -0.3 is 0 Å². The molecule has 0 aliphatic heterocycles. The van der Waals surface area contributed by atoms with Gasteiger partial charge in [0.05, 0.1) is 0 Å². The molecule has 2 atom stereocenters. The minimum Gasteiger partial charge on any atom is -0.282 e. The third-order valence-electron chi connectivity index (χ3n) is 1.94. The Balaban J connectivity index is 2.58. The van der Waals surface area contributed by atoms with E-state index in [2.05, 4.69) is 4.74 Å². The Morgan fingerprint density at radius 3 is 1.71 bits per heavy atom. The van der Waals surface area contributed by atoms with E-state index < -0.39 is 43.8 Å². The van der Waals surface area contributed by atoms with Crippen LogP contribution in [0.15, 0.2) is 0 Å². The lowest BCUT2D eigenvalue weighted by Crippen LogP contribution is -2.45. The van der Waals surface area contributed by atoms with Gasteiger partial charge in [-0.2, -0.15) is 0 Å². The van der Waals surface area contributed by atoms with Crippen molar-refractivity contribution in [1.29, 1.82) is 0 Å². The summed E-state index contributed by atoms with van der Waals surface area (Å²) in [6.45, 7) is 0. The number of halogens is 6. The number of hydrogen-bond donors (Lipinski definition) is 0. The summed E-state index contributed by atoms with van der Waals surface area (Å²) in [7, 11) is 0. The van der Waals surface area contributed by atoms with Gasteiger partial charge in [0.25, 0.3) is 0 Å². The van der Waals surface area contributed by atoms with Crippen molar-refractivity contribution in [3.63, 3.8) is 0 Å². The van der Waals surface area contributed by atoms with E-state index in [9.17, 15) is 26.3 Å². The highest BCUT2D eigenvalue weighted by atomic mass is 19.4. The average Bonchev–Trinajstić information content (AvgIpc) is 1.95. The molecule has 1 aliphatic carbocycles. The Bertz CT molecular complexity index is 181. The van der Waals surface area contributed by atoms with Gasteiger partial charge in [-0.3, -0.25) is 4.74 Å². The van der Waals surface area contributed by atoms with Crippen LogP contribution in [0, 0.1) is 0 Å². The fourth-order valence-electron chi connectivity index (χ4n) is 1.38. The lowest BCUT2D eigenvalue weighted by molar-refractivity contribution is -0.358. The van der Waals surface area contributed by atoms with E-state index in [4.69, 9.17) is 0 Å². The minimum atomic E-state index is -5.09. The van der Waals surface area contributed by atoms with Gasteiger partial charge in [0.15, 0.2) is 0 Å². The van der Waals surface area contributed by atoms with Crippen LogP contribution >= 0.6 is 0 Å². The lowest BCUT2D eigenvalue weighted by Gasteiger charge is -2.31. The fraction of sp³-hybridized carbons (Fsp3) is 1.00. The molecule has 0 spiro atoms. The summed E-state index contributed by atoms with van der Waals surface area (Å²) >= 11 is 0. The minimum absolute atomic E-state index is 0.749. The number of hydrogen-bond acceptors (Lipinski definition) is 1. The molecule has 0 bridgehead atoms. The first-order chi connectivity index (χ1) is 6.29. The Morgan fingerprint density at radius 1 is 0.929 bits per heavy atom. The Labute approximate surface area is 76.0 Å². The molecule has 84 valence electrons. The van der Waals surface area contributed by atoms with Crippen LogP contribution in [0.1, 0.15) is 12.8 Å². The topological polar surface area (TPSA) is 9.23 Å². The summed E-state index contributed by atoms with van der Waals surface area (Å²) < 4.78 is 76.2. The van der Waals surface area contributed by atoms with Crippen LogP contribution in [-0.4, -0.2) is 31.0 Å². The van der Waals surface area contributed by atoms with Crippen LogP contribution in [0.3, 0.4) is 0 Å². The quantitative estimate of drug-likeness (QED) is 0.620. The third kappa shape index (κ3) is 3.04. The van der Waals surface area contributed by atoms with E-state index in [1.165, 1.54) is 0 Å². The van der Waals surface area contributed by atoms with Crippen molar-refractivity contribution in [2.75, 3.05) is 0 Å². The number of ether oxygens (including phenoxy) is 1. The van der Waals surface area contributed by atoms with Crippen LogP contribution in [0.4, 0.5) is 26.3 Å². The summed E-state index contributed by atoms with van der Waals surface area (Å²) in [5.41, 5.74) is 0. The smallest absolute Gasteiger partial charge is 0.282 e. The van der Waals surface area contributed by atoms with Gasteiger partial charge >= 0.3 is 6.36 Å². The average molecular weight is 222 g/mol. The van der Waals surface area contributed by atoms with Crippen molar-refractivity contribution in [2.45, 2.75) is 43.8 Å². The first kappa shape index (κ1) is 11.6. The van der Waals surface area contributed by atoms with E-state index >= 15 is 0 Å². The summed E-state index contributed by atoms with van der Waals surface area (Å²) in [6, 6.07) is 0. The summed E-state index contributed by atoms with van der Waals surface area (Å²) in [5, 5.41) is 0. The third-order valence-corrected chi connectivity index (χ3v) is 1.94. The molecule has 1 saturated carbocycles. The van der Waals surface area contributed by atoms with E-state index in [0.29, 0.717) is 0 Å². The van der Waals surface area contributed by atoms with E-state index in [0.717, 1.165) is 0 Å². The predicted octanol–water partition coefficient (Wildman–Crippen LogP) is 2.70. The zero-order valence-electron chi connectivity index (χ0n) is 6.90. The monoisotopic (exact) mass is 222 g/mol.